The van der Waals surface area contributed by atoms with Crippen LogP contribution in [0.3, 0.4) is 0 Å². The molecule has 1 unspecified atom stereocenters. The van der Waals surface area contributed by atoms with Gasteiger partial charge in [0.15, 0.2) is 0 Å². The van der Waals surface area contributed by atoms with Crippen molar-refractivity contribution in [1.29, 1.82) is 0 Å². The number of amides is 1. The minimum atomic E-state index is -0.879. The highest BCUT2D eigenvalue weighted by atomic mass is 19.1. The summed E-state index contributed by atoms with van der Waals surface area (Å²) in [6.07, 6.45) is 1.86. The number of nitrogens with zero attached hydrogens (tertiary/aromatic N) is 1. The summed E-state index contributed by atoms with van der Waals surface area (Å²) in [4.78, 5) is 27.4. The van der Waals surface area contributed by atoms with Gasteiger partial charge in [-0.3, -0.25) is 9.59 Å². The van der Waals surface area contributed by atoms with E-state index in [4.69, 9.17) is 9.15 Å². The molecule has 0 bridgehead atoms. The molecule has 2 aromatic carbocycles. The first-order valence-corrected chi connectivity index (χ1v) is 11.1. The van der Waals surface area contributed by atoms with Crippen LogP contribution in [0.1, 0.15) is 36.8 Å². The highest BCUT2D eigenvalue weighted by Gasteiger charge is 2.47. The Morgan fingerprint density at radius 2 is 1.88 bits per heavy atom. The molecule has 6 nitrogen and oxygen atoms in total. The van der Waals surface area contributed by atoms with E-state index in [0.29, 0.717) is 36.0 Å². The van der Waals surface area contributed by atoms with Crippen LogP contribution in [0.2, 0.25) is 0 Å². The van der Waals surface area contributed by atoms with Crippen molar-refractivity contribution < 1.29 is 28.2 Å². The van der Waals surface area contributed by atoms with E-state index < -0.39 is 17.7 Å². The Labute approximate surface area is 197 Å². The molecule has 1 aliphatic heterocycles. The second kappa shape index (κ2) is 9.95. The lowest BCUT2D eigenvalue weighted by Gasteiger charge is -2.23. The van der Waals surface area contributed by atoms with Crippen LogP contribution < -0.4 is 4.74 Å². The molecule has 1 saturated heterocycles. The Hall–Kier alpha value is -3.87. The number of carbonyl (C=O) groups excluding carboxylic acids is 2. The summed E-state index contributed by atoms with van der Waals surface area (Å²) in [5.41, 5.74) is 1.14. The first kappa shape index (κ1) is 23.3. The van der Waals surface area contributed by atoms with E-state index in [1.54, 1.807) is 48.5 Å². The molecule has 1 atom stereocenters. The summed E-state index contributed by atoms with van der Waals surface area (Å²) in [5, 5.41) is 11.2. The van der Waals surface area contributed by atoms with E-state index in [1.165, 1.54) is 23.3 Å². The molecule has 0 saturated carbocycles. The Bertz CT molecular complexity index is 1200. The lowest BCUT2D eigenvalue weighted by Crippen LogP contribution is -2.31. The van der Waals surface area contributed by atoms with Crippen molar-refractivity contribution in [3.05, 3.63) is 95.2 Å². The number of rotatable bonds is 8. The van der Waals surface area contributed by atoms with E-state index in [2.05, 4.69) is 0 Å². The molecular formula is C27H26FNO5. The van der Waals surface area contributed by atoms with Crippen molar-refractivity contribution in [2.24, 2.45) is 5.92 Å². The zero-order valence-corrected chi connectivity index (χ0v) is 19.0. The van der Waals surface area contributed by atoms with Gasteiger partial charge in [0.1, 0.15) is 29.1 Å². The first-order chi connectivity index (χ1) is 16.3. The topological polar surface area (TPSA) is 80.0 Å². The third-order valence-electron chi connectivity index (χ3n) is 5.60. The first-order valence-electron chi connectivity index (χ1n) is 11.1. The van der Waals surface area contributed by atoms with Crippen LogP contribution in [-0.4, -0.2) is 34.8 Å². The fourth-order valence-electron chi connectivity index (χ4n) is 3.91. The maximum Gasteiger partial charge on any atom is 0.295 e. The van der Waals surface area contributed by atoms with Gasteiger partial charge in [0, 0.05) is 12.1 Å². The van der Waals surface area contributed by atoms with Crippen molar-refractivity contribution in [2.75, 3.05) is 13.2 Å². The van der Waals surface area contributed by atoms with Crippen molar-refractivity contribution in [2.45, 2.75) is 26.3 Å². The van der Waals surface area contributed by atoms with Gasteiger partial charge in [-0.05, 0) is 54.3 Å². The van der Waals surface area contributed by atoms with Crippen molar-refractivity contribution in [1.82, 2.24) is 4.90 Å². The highest BCUT2D eigenvalue weighted by Crippen LogP contribution is 2.40. The maximum absolute atomic E-state index is 13.2. The number of Topliss-reactive ketones (excluding diaryl/α,β-unsaturated/α-hetero) is 1. The predicted molar refractivity (Wildman–Crippen MR) is 125 cm³/mol. The maximum atomic E-state index is 13.2. The summed E-state index contributed by atoms with van der Waals surface area (Å²) in [6.45, 7) is 4.75. The molecule has 7 heteroatoms. The number of halogens is 1. The fraction of sp³-hybridized carbons (Fsp3) is 0.259. The molecule has 1 amide bonds. The van der Waals surface area contributed by atoms with Crippen LogP contribution >= 0.6 is 0 Å². The van der Waals surface area contributed by atoms with E-state index in [9.17, 15) is 19.1 Å². The van der Waals surface area contributed by atoms with Crippen LogP contribution in [0.15, 0.2) is 76.9 Å². The largest absolute Gasteiger partial charge is 0.507 e. The Balaban J connectivity index is 1.68. The van der Waals surface area contributed by atoms with Gasteiger partial charge in [-0.25, -0.2) is 4.39 Å². The SMILES string of the molecule is CC(C)COc1cccc(/C(O)=C2/C(=O)C(=O)N(CCc3ccc(F)cc3)C2c2ccco2)c1. The van der Waals surface area contributed by atoms with Crippen LogP contribution in [0.25, 0.3) is 5.76 Å². The van der Waals surface area contributed by atoms with Gasteiger partial charge in [0.2, 0.25) is 0 Å². The molecule has 0 spiro atoms. The molecule has 1 aliphatic rings. The van der Waals surface area contributed by atoms with E-state index in [1.807, 2.05) is 13.8 Å². The molecule has 4 rings (SSSR count). The van der Waals surface area contributed by atoms with Crippen molar-refractivity contribution in [3.63, 3.8) is 0 Å². The summed E-state index contributed by atoms with van der Waals surface area (Å²) in [5.74, 6) is -0.908. The molecule has 176 valence electrons. The number of likely N-dealkylation sites (tertiary alicyclic amines) is 1. The van der Waals surface area contributed by atoms with Crippen molar-refractivity contribution >= 4 is 17.4 Å². The number of ketones is 1. The van der Waals surface area contributed by atoms with Gasteiger partial charge < -0.3 is 19.2 Å². The van der Waals surface area contributed by atoms with Gasteiger partial charge in [-0.1, -0.05) is 38.1 Å². The average molecular weight is 464 g/mol. The third kappa shape index (κ3) is 4.88. The minimum absolute atomic E-state index is 0.0416. The Kier molecular flexibility index (Phi) is 6.82. The Morgan fingerprint density at radius 3 is 2.56 bits per heavy atom. The molecular weight excluding hydrogens is 437 g/mol. The summed E-state index contributed by atoms with van der Waals surface area (Å²) in [6, 6.07) is 15.2. The predicted octanol–water partition coefficient (Wildman–Crippen LogP) is 5.12. The molecule has 0 radical (unpaired) electrons. The number of ether oxygens (including phenoxy) is 1. The van der Waals surface area contributed by atoms with Crippen LogP contribution in [0.4, 0.5) is 4.39 Å². The van der Waals surface area contributed by atoms with Gasteiger partial charge in [-0.15, -0.1) is 0 Å². The number of hydrogen-bond acceptors (Lipinski definition) is 5. The second-order valence-corrected chi connectivity index (χ2v) is 8.62. The van der Waals surface area contributed by atoms with Crippen LogP contribution in [0, 0.1) is 11.7 Å². The van der Waals surface area contributed by atoms with E-state index in [-0.39, 0.29) is 23.7 Å². The smallest absolute Gasteiger partial charge is 0.295 e. The number of aliphatic hydroxyl groups excluding tert-OH is 1. The molecule has 34 heavy (non-hydrogen) atoms. The molecule has 1 fully saturated rings. The molecule has 3 aromatic rings. The molecule has 1 N–H and O–H groups in total. The zero-order valence-electron chi connectivity index (χ0n) is 19.0. The van der Waals surface area contributed by atoms with Crippen molar-refractivity contribution in [3.8, 4) is 5.75 Å². The molecule has 0 aliphatic carbocycles. The number of furan rings is 1. The quantitative estimate of drug-likeness (QED) is 0.285. The highest BCUT2D eigenvalue weighted by molar-refractivity contribution is 6.46. The third-order valence-corrected chi connectivity index (χ3v) is 5.60. The van der Waals surface area contributed by atoms with Crippen LogP contribution in [-0.2, 0) is 16.0 Å². The number of benzene rings is 2. The lowest BCUT2D eigenvalue weighted by molar-refractivity contribution is -0.140. The zero-order chi connectivity index (χ0) is 24.2. The van der Waals surface area contributed by atoms with Gasteiger partial charge >= 0.3 is 0 Å². The van der Waals surface area contributed by atoms with E-state index >= 15 is 0 Å². The van der Waals surface area contributed by atoms with Gasteiger partial charge in [0.05, 0.1) is 18.4 Å². The number of aliphatic hydroxyl groups is 1. The minimum Gasteiger partial charge on any atom is -0.507 e. The van der Waals surface area contributed by atoms with Crippen LogP contribution in [0.5, 0.6) is 5.75 Å². The monoisotopic (exact) mass is 463 g/mol. The standard InChI is InChI=1S/C27H26FNO5/c1-17(2)16-34-21-6-3-5-19(15-21)25(30)23-24(22-7-4-14-33-22)29(27(32)26(23)31)13-12-18-8-10-20(28)11-9-18/h3-11,14-15,17,24,30H,12-13,16H2,1-2H3/b25-23-. The second-order valence-electron chi connectivity index (χ2n) is 8.62. The van der Waals surface area contributed by atoms with Gasteiger partial charge in [0.25, 0.3) is 11.7 Å². The normalized spacial score (nSPS) is 17.5. The fourth-order valence-corrected chi connectivity index (χ4v) is 3.91. The summed E-state index contributed by atoms with van der Waals surface area (Å²) < 4.78 is 24.5. The molecule has 2 heterocycles. The average Bonchev–Trinajstić information content (AvgIpc) is 3.44. The molecule has 1 aromatic heterocycles. The number of hydrogen-bond donors (Lipinski definition) is 1. The summed E-state index contributed by atoms with van der Waals surface area (Å²) in [7, 11) is 0. The summed E-state index contributed by atoms with van der Waals surface area (Å²) >= 11 is 0. The van der Waals surface area contributed by atoms with E-state index in [0.717, 1.165) is 5.56 Å². The van der Waals surface area contributed by atoms with Gasteiger partial charge in [-0.2, -0.15) is 0 Å². The lowest BCUT2D eigenvalue weighted by atomic mass is 9.99. The number of carbonyl (C=O) groups is 2. The Morgan fingerprint density at radius 1 is 1.12 bits per heavy atom.